The number of aliphatic hydroxyl groups excluding tert-OH is 2. The second kappa shape index (κ2) is 11.6. The molecule has 1 aromatic rings. The quantitative estimate of drug-likeness (QED) is 0.422. The smallest absolute Gasteiger partial charge is 0.338 e. The van der Waals surface area contributed by atoms with Crippen molar-refractivity contribution in [2.45, 2.75) is 0 Å². The highest BCUT2D eigenvalue weighted by Crippen LogP contribution is 2.08. The highest BCUT2D eigenvalue weighted by Gasteiger charge is 2.09. The van der Waals surface area contributed by atoms with Crippen LogP contribution in [0.15, 0.2) is 18.2 Å². The SMILES string of the molecule is CS(=O)(=O)O.O=C(O)c1ccc(F)cc1F.OCC#CCO. The van der Waals surface area contributed by atoms with E-state index in [4.69, 9.17) is 19.9 Å². The minimum Gasteiger partial charge on any atom is -0.478 e. The standard InChI is InChI=1S/C7H4F2O2.C4H6O2.CH4O3S/c8-4-1-2-5(7(10)11)6(9)3-4;5-3-1-2-4-6;1-5(2,3)4/h1-3H,(H,10,11);5-6H,3-4H2;1H3,(H,2,3,4). The van der Waals surface area contributed by atoms with E-state index >= 15 is 0 Å². The first-order valence-corrected chi connectivity index (χ1v) is 7.16. The predicted molar refractivity (Wildman–Crippen MR) is 72.7 cm³/mol. The molecule has 0 aliphatic carbocycles. The molecule has 0 aliphatic heterocycles. The molecule has 0 saturated heterocycles. The maximum atomic E-state index is 12.5. The maximum absolute atomic E-state index is 12.5. The zero-order valence-corrected chi connectivity index (χ0v) is 12.1. The van der Waals surface area contributed by atoms with Gasteiger partial charge in [-0.05, 0) is 12.1 Å². The number of hydrogen-bond acceptors (Lipinski definition) is 5. The molecule has 0 amide bonds. The van der Waals surface area contributed by atoms with Crippen molar-refractivity contribution in [3.63, 3.8) is 0 Å². The fraction of sp³-hybridized carbons (Fsp3) is 0.250. The first-order chi connectivity index (χ1) is 10.0. The molecular weight excluding hydrogens is 326 g/mol. The topological polar surface area (TPSA) is 132 Å². The van der Waals surface area contributed by atoms with E-state index in [1.54, 1.807) is 0 Å². The van der Waals surface area contributed by atoms with Gasteiger partial charge in [-0.15, -0.1) is 0 Å². The lowest BCUT2D eigenvalue weighted by Crippen LogP contribution is -2.00. The summed E-state index contributed by atoms with van der Waals surface area (Å²) in [5.74, 6) is 1.26. The summed E-state index contributed by atoms with van der Waals surface area (Å²) in [7, 11) is -3.67. The first kappa shape index (κ1) is 22.2. The summed E-state index contributed by atoms with van der Waals surface area (Å²) in [4.78, 5) is 10.2. The molecule has 0 spiro atoms. The number of carboxylic acids is 1. The molecule has 22 heavy (non-hydrogen) atoms. The molecule has 0 atom stereocenters. The van der Waals surface area contributed by atoms with Crippen molar-refractivity contribution >= 4 is 16.1 Å². The van der Waals surface area contributed by atoms with Crippen LogP contribution in [0.2, 0.25) is 0 Å². The summed E-state index contributed by atoms with van der Waals surface area (Å²) in [5.41, 5.74) is -0.522. The largest absolute Gasteiger partial charge is 0.478 e. The molecule has 10 heteroatoms. The summed E-state index contributed by atoms with van der Waals surface area (Å²) >= 11 is 0. The minimum atomic E-state index is -3.67. The van der Waals surface area contributed by atoms with Gasteiger partial charge in [-0.1, -0.05) is 11.8 Å². The Kier molecular flexibility index (Phi) is 11.7. The minimum absolute atomic E-state index is 0.166. The highest BCUT2D eigenvalue weighted by molar-refractivity contribution is 7.85. The van der Waals surface area contributed by atoms with Gasteiger partial charge in [0, 0.05) is 6.07 Å². The summed E-state index contributed by atoms with van der Waals surface area (Å²) in [5, 5.41) is 24.1. The third kappa shape index (κ3) is 16.0. The lowest BCUT2D eigenvalue weighted by Gasteiger charge is -1.94. The predicted octanol–water partition coefficient (Wildman–Crippen LogP) is 0.141. The van der Waals surface area contributed by atoms with E-state index in [9.17, 15) is 22.0 Å². The van der Waals surface area contributed by atoms with Crippen LogP contribution in [0.4, 0.5) is 8.78 Å². The van der Waals surface area contributed by atoms with Crippen molar-refractivity contribution in [3.05, 3.63) is 35.4 Å². The molecular formula is C12H14F2O7S. The van der Waals surface area contributed by atoms with E-state index in [0.717, 1.165) is 12.1 Å². The Labute approximate surface area is 125 Å². The van der Waals surface area contributed by atoms with Crippen molar-refractivity contribution in [2.75, 3.05) is 19.5 Å². The number of carboxylic acid groups (broad SMARTS) is 1. The van der Waals surface area contributed by atoms with E-state index in [-0.39, 0.29) is 13.2 Å². The zero-order valence-electron chi connectivity index (χ0n) is 11.3. The Balaban J connectivity index is 0. The molecule has 124 valence electrons. The van der Waals surface area contributed by atoms with Crippen LogP contribution < -0.4 is 0 Å². The summed E-state index contributed by atoms with van der Waals surface area (Å²) in [6, 6.07) is 2.31. The third-order valence-electron chi connectivity index (χ3n) is 1.44. The van der Waals surface area contributed by atoms with Crippen molar-refractivity contribution in [2.24, 2.45) is 0 Å². The fourth-order valence-electron chi connectivity index (χ4n) is 0.775. The maximum Gasteiger partial charge on any atom is 0.338 e. The van der Waals surface area contributed by atoms with Crippen LogP contribution in [-0.4, -0.2) is 53.7 Å². The Hall–Kier alpha value is -2.06. The molecule has 0 heterocycles. The van der Waals surface area contributed by atoms with Gasteiger partial charge in [0.05, 0.1) is 11.8 Å². The Morgan fingerprint density at radius 1 is 1.18 bits per heavy atom. The molecule has 0 unspecified atom stereocenters. The number of hydrogen-bond donors (Lipinski definition) is 4. The fourth-order valence-corrected chi connectivity index (χ4v) is 0.775. The first-order valence-electron chi connectivity index (χ1n) is 5.31. The van der Waals surface area contributed by atoms with Crippen LogP contribution >= 0.6 is 0 Å². The van der Waals surface area contributed by atoms with Gasteiger partial charge in [-0.2, -0.15) is 8.42 Å². The number of benzene rings is 1. The number of aromatic carboxylic acids is 1. The molecule has 1 rings (SSSR count). The van der Waals surface area contributed by atoms with E-state index in [1.165, 1.54) is 0 Å². The van der Waals surface area contributed by atoms with E-state index in [2.05, 4.69) is 11.8 Å². The van der Waals surface area contributed by atoms with Crippen LogP contribution in [0.3, 0.4) is 0 Å². The van der Waals surface area contributed by atoms with Gasteiger partial charge in [-0.3, -0.25) is 4.55 Å². The van der Waals surface area contributed by atoms with Gasteiger partial charge in [0.1, 0.15) is 24.8 Å². The zero-order chi connectivity index (χ0) is 17.8. The molecule has 0 aromatic heterocycles. The van der Waals surface area contributed by atoms with E-state index < -0.39 is 33.3 Å². The van der Waals surface area contributed by atoms with Gasteiger partial charge >= 0.3 is 5.97 Å². The van der Waals surface area contributed by atoms with Gasteiger partial charge in [-0.25, -0.2) is 13.6 Å². The van der Waals surface area contributed by atoms with Crippen LogP contribution in [0.1, 0.15) is 10.4 Å². The van der Waals surface area contributed by atoms with E-state index in [0.29, 0.717) is 12.3 Å². The number of carbonyl (C=O) groups is 1. The van der Waals surface area contributed by atoms with Crippen molar-refractivity contribution in [3.8, 4) is 11.8 Å². The Morgan fingerprint density at radius 2 is 1.59 bits per heavy atom. The Morgan fingerprint density at radius 3 is 1.86 bits per heavy atom. The van der Waals surface area contributed by atoms with Gasteiger partial charge in [0.15, 0.2) is 0 Å². The molecule has 4 N–H and O–H groups in total. The second-order valence-electron chi connectivity index (χ2n) is 3.33. The number of halogens is 2. The van der Waals surface area contributed by atoms with Crippen LogP contribution in [-0.2, 0) is 10.1 Å². The second-order valence-corrected chi connectivity index (χ2v) is 4.80. The monoisotopic (exact) mass is 340 g/mol. The molecule has 7 nitrogen and oxygen atoms in total. The van der Waals surface area contributed by atoms with Crippen molar-refractivity contribution in [1.29, 1.82) is 0 Å². The average molecular weight is 340 g/mol. The summed E-state index contributed by atoms with van der Waals surface area (Å²) in [6.07, 6.45) is 0.715. The van der Waals surface area contributed by atoms with Gasteiger partial charge < -0.3 is 15.3 Å². The molecule has 1 aromatic carbocycles. The van der Waals surface area contributed by atoms with Crippen molar-refractivity contribution < 1.29 is 41.9 Å². The molecule has 0 fully saturated rings. The lowest BCUT2D eigenvalue weighted by atomic mass is 10.2. The molecule has 0 aliphatic rings. The molecule has 0 saturated carbocycles. The highest BCUT2D eigenvalue weighted by atomic mass is 32.2. The summed E-state index contributed by atoms with van der Waals surface area (Å²) < 4.78 is 50.5. The third-order valence-corrected chi connectivity index (χ3v) is 1.44. The van der Waals surface area contributed by atoms with E-state index in [1.807, 2.05) is 0 Å². The normalized spacial score (nSPS) is 9.18. The number of aliphatic hydroxyl groups is 2. The molecule has 0 radical (unpaired) electrons. The lowest BCUT2D eigenvalue weighted by molar-refractivity contribution is 0.0691. The molecule has 0 bridgehead atoms. The van der Waals surface area contributed by atoms with Crippen molar-refractivity contribution in [1.82, 2.24) is 0 Å². The van der Waals surface area contributed by atoms with Gasteiger partial charge in [0.2, 0.25) is 0 Å². The number of rotatable bonds is 1. The van der Waals surface area contributed by atoms with Gasteiger partial charge in [0.25, 0.3) is 10.1 Å². The van der Waals surface area contributed by atoms with Crippen LogP contribution in [0.25, 0.3) is 0 Å². The average Bonchev–Trinajstić information content (AvgIpc) is 2.34. The van der Waals surface area contributed by atoms with Crippen LogP contribution in [0, 0.1) is 23.5 Å². The Bertz CT molecular complexity index is 617. The van der Waals surface area contributed by atoms with Crippen LogP contribution in [0.5, 0.6) is 0 Å². The summed E-state index contributed by atoms with van der Waals surface area (Å²) in [6.45, 7) is -0.332.